The number of benzene rings is 1. The van der Waals surface area contributed by atoms with Crippen LogP contribution < -0.4 is 21.7 Å². The summed E-state index contributed by atoms with van der Waals surface area (Å²) in [6, 6.07) is 5.01. The molecule has 0 heterocycles. The number of carbonyl (C=O) groups excluding carboxylic acids is 3. The van der Waals surface area contributed by atoms with Gasteiger partial charge in [0.25, 0.3) is 0 Å². The summed E-state index contributed by atoms with van der Waals surface area (Å²) in [6.45, 7) is 3.74. The first-order chi connectivity index (χ1) is 15.1. The lowest BCUT2D eigenvalue weighted by Gasteiger charge is -2.26. The third kappa shape index (κ3) is 9.49. The van der Waals surface area contributed by atoms with Gasteiger partial charge in [0.05, 0.1) is 6.04 Å². The minimum Gasteiger partial charge on any atom is -0.480 e. The molecular weight excluding hydrogens is 452 g/mol. The van der Waals surface area contributed by atoms with E-state index < -0.39 is 47.9 Å². The van der Waals surface area contributed by atoms with E-state index in [-0.39, 0.29) is 30.3 Å². The Balaban J connectivity index is 3.05. The Morgan fingerprint density at radius 1 is 0.875 bits per heavy atom. The van der Waals surface area contributed by atoms with E-state index in [2.05, 4.69) is 41.2 Å². The van der Waals surface area contributed by atoms with Gasteiger partial charge in [-0.05, 0) is 17.9 Å². The maximum absolute atomic E-state index is 13.1. The van der Waals surface area contributed by atoms with Crippen molar-refractivity contribution in [3.05, 3.63) is 35.9 Å². The Labute approximate surface area is 199 Å². The van der Waals surface area contributed by atoms with E-state index in [9.17, 15) is 24.3 Å². The number of hydrogen-bond donors (Lipinski definition) is 7. The van der Waals surface area contributed by atoms with E-state index in [0.29, 0.717) is 0 Å². The second kappa shape index (κ2) is 14.0. The van der Waals surface area contributed by atoms with Gasteiger partial charge < -0.3 is 26.8 Å². The number of carboxylic acids is 1. The molecule has 4 atom stereocenters. The van der Waals surface area contributed by atoms with Crippen LogP contribution in [-0.2, 0) is 25.6 Å². The number of nitrogens with two attached hydrogens (primary N) is 1. The molecule has 0 spiro atoms. The third-order valence-corrected chi connectivity index (χ3v) is 5.34. The number of aliphatic carboxylic acids is 1. The molecule has 0 fully saturated rings. The van der Waals surface area contributed by atoms with Gasteiger partial charge >= 0.3 is 5.97 Å². The Bertz CT molecular complexity index is 779. The van der Waals surface area contributed by atoms with Crippen LogP contribution in [-0.4, -0.2) is 64.5 Å². The number of carbonyl (C=O) groups is 4. The van der Waals surface area contributed by atoms with Crippen molar-refractivity contribution in [2.45, 2.75) is 50.9 Å². The van der Waals surface area contributed by atoms with Gasteiger partial charge in [-0.1, -0.05) is 44.2 Å². The average molecular weight is 485 g/mol. The number of amides is 3. The smallest absolute Gasteiger partial charge is 0.327 e. The lowest BCUT2D eigenvalue weighted by atomic mass is 10.0. The summed E-state index contributed by atoms with van der Waals surface area (Å²) in [6.07, 6.45) is 0.459. The van der Waals surface area contributed by atoms with Crippen LogP contribution in [0.4, 0.5) is 0 Å². The second-order valence-electron chi connectivity index (χ2n) is 7.81. The standard InChI is InChI=1S/C21H32N4O5S2/c1-12(2)8-15(19(27)25-17(11-32)21(29)30)24-20(28)16(23-18(26)14(22)10-31)9-13-6-4-3-5-7-13/h3-7,12,14-17,31-32H,8-11,22H2,1-2H3,(H,23,26)(H,24,28)(H,25,27)(H,29,30). The first-order valence-electron chi connectivity index (χ1n) is 10.2. The normalized spacial score (nSPS) is 14.7. The molecule has 1 rings (SSSR count). The van der Waals surface area contributed by atoms with Gasteiger partial charge in [0.2, 0.25) is 17.7 Å². The summed E-state index contributed by atoms with van der Waals surface area (Å²) >= 11 is 7.96. The van der Waals surface area contributed by atoms with Crippen LogP contribution in [0.2, 0.25) is 0 Å². The lowest BCUT2D eigenvalue weighted by Crippen LogP contribution is -2.58. The maximum atomic E-state index is 13.1. The zero-order valence-corrected chi connectivity index (χ0v) is 19.9. The Morgan fingerprint density at radius 2 is 1.41 bits per heavy atom. The quantitative estimate of drug-likeness (QED) is 0.196. The van der Waals surface area contributed by atoms with Crippen molar-refractivity contribution in [1.82, 2.24) is 16.0 Å². The highest BCUT2D eigenvalue weighted by atomic mass is 32.1. The minimum absolute atomic E-state index is 0.0325. The van der Waals surface area contributed by atoms with Crippen molar-refractivity contribution >= 4 is 48.9 Å². The van der Waals surface area contributed by atoms with Crippen LogP contribution >= 0.6 is 25.3 Å². The molecule has 0 radical (unpaired) electrons. The highest BCUT2D eigenvalue weighted by Gasteiger charge is 2.30. The summed E-state index contributed by atoms with van der Waals surface area (Å²) in [7, 11) is 0. The van der Waals surface area contributed by atoms with Crippen LogP contribution in [0.25, 0.3) is 0 Å². The lowest BCUT2D eigenvalue weighted by molar-refractivity contribution is -0.141. The number of hydrogen-bond acceptors (Lipinski definition) is 7. The average Bonchev–Trinajstić information content (AvgIpc) is 2.75. The van der Waals surface area contributed by atoms with Crippen LogP contribution in [0.3, 0.4) is 0 Å². The Kier molecular flexibility index (Phi) is 12.2. The van der Waals surface area contributed by atoms with Gasteiger partial charge in [-0.2, -0.15) is 25.3 Å². The molecule has 1 aromatic rings. The number of rotatable bonds is 13. The fraction of sp³-hybridized carbons (Fsp3) is 0.524. The molecule has 0 aliphatic rings. The first-order valence-corrected chi connectivity index (χ1v) is 11.5. The maximum Gasteiger partial charge on any atom is 0.327 e. The molecule has 4 unspecified atom stereocenters. The van der Waals surface area contributed by atoms with Crippen molar-refractivity contribution < 1.29 is 24.3 Å². The molecule has 1 aromatic carbocycles. The zero-order chi connectivity index (χ0) is 24.3. The molecule has 0 bridgehead atoms. The highest BCUT2D eigenvalue weighted by molar-refractivity contribution is 7.80. The van der Waals surface area contributed by atoms with Crippen molar-refractivity contribution in [1.29, 1.82) is 0 Å². The van der Waals surface area contributed by atoms with Crippen molar-refractivity contribution in [2.75, 3.05) is 11.5 Å². The molecule has 9 nitrogen and oxygen atoms in total. The van der Waals surface area contributed by atoms with E-state index in [4.69, 9.17) is 5.73 Å². The van der Waals surface area contributed by atoms with Crippen LogP contribution in [0.1, 0.15) is 25.8 Å². The van der Waals surface area contributed by atoms with E-state index in [1.807, 2.05) is 44.2 Å². The van der Waals surface area contributed by atoms with E-state index in [0.717, 1.165) is 5.56 Å². The first kappa shape index (κ1) is 27.8. The number of carboxylic acid groups (broad SMARTS) is 1. The number of thiol groups is 2. The monoisotopic (exact) mass is 484 g/mol. The summed E-state index contributed by atoms with van der Waals surface area (Å²) in [5.41, 5.74) is 6.53. The molecule has 11 heteroatoms. The second-order valence-corrected chi connectivity index (χ2v) is 8.54. The molecule has 32 heavy (non-hydrogen) atoms. The molecule has 0 aliphatic carbocycles. The van der Waals surface area contributed by atoms with Gasteiger partial charge in [0, 0.05) is 17.9 Å². The molecule has 0 saturated carbocycles. The summed E-state index contributed by atoms with van der Waals surface area (Å²) in [5.74, 6) is -2.94. The van der Waals surface area contributed by atoms with Gasteiger partial charge in [-0.3, -0.25) is 14.4 Å². The largest absolute Gasteiger partial charge is 0.480 e. The number of nitrogens with one attached hydrogen (secondary N) is 3. The SMILES string of the molecule is CC(C)CC(NC(=O)C(Cc1ccccc1)NC(=O)C(N)CS)C(=O)NC(CS)C(=O)O. The fourth-order valence-corrected chi connectivity index (χ4v) is 3.27. The van der Waals surface area contributed by atoms with Crippen LogP contribution in [0, 0.1) is 5.92 Å². The molecule has 0 aliphatic heterocycles. The fourth-order valence-electron chi connectivity index (χ4n) is 2.85. The minimum atomic E-state index is -1.22. The highest BCUT2D eigenvalue weighted by Crippen LogP contribution is 2.09. The molecular formula is C21H32N4O5S2. The van der Waals surface area contributed by atoms with Gasteiger partial charge in [0.1, 0.15) is 18.1 Å². The van der Waals surface area contributed by atoms with Gasteiger partial charge in [0.15, 0.2) is 0 Å². The summed E-state index contributed by atoms with van der Waals surface area (Å²) < 4.78 is 0. The van der Waals surface area contributed by atoms with Crippen LogP contribution in [0.15, 0.2) is 30.3 Å². The predicted molar refractivity (Wildman–Crippen MR) is 129 cm³/mol. The molecule has 3 amide bonds. The summed E-state index contributed by atoms with van der Waals surface area (Å²) in [5, 5.41) is 16.8. The third-order valence-electron chi connectivity index (χ3n) is 4.59. The van der Waals surface area contributed by atoms with Crippen molar-refractivity contribution in [3.63, 3.8) is 0 Å². The topological polar surface area (TPSA) is 151 Å². The molecule has 178 valence electrons. The van der Waals surface area contributed by atoms with Crippen molar-refractivity contribution in [2.24, 2.45) is 11.7 Å². The Morgan fingerprint density at radius 3 is 1.91 bits per heavy atom. The van der Waals surface area contributed by atoms with E-state index >= 15 is 0 Å². The van der Waals surface area contributed by atoms with Gasteiger partial charge in [-0.15, -0.1) is 0 Å². The van der Waals surface area contributed by atoms with E-state index in [1.165, 1.54) is 0 Å². The predicted octanol–water partition coefficient (Wildman–Crippen LogP) is 0.00110. The Hall–Kier alpha value is -2.24. The van der Waals surface area contributed by atoms with E-state index in [1.54, 1.807) is 0 Å². The van der Waals surface area contributed by atoms with Gasteiger partial charge in [-0.25, -0.2) is 4.79 Å². The molecule has 0 saturated heterocycles. The summed E-state index contributed by atoms with van der Waals surface area (Å²) in [4.78, 5) is 49.3. The van der Waals surface area contributed by atoms with Crippen molar-refractivity contribution in [3.8, 4) is 0 Å². The van der Waals surface area contributed by atoms with Crippen LogP contribution in [0.5, 0.6) is 0 Å². The molecule has 6 N–H and O–H groups in total. The molecule has 0 aromatic heterocycles. The zero-order valence-electron chi connectivity index (χ0n) is 18.2.